The van der Waals surface area contributed by atoms with E-state index in [4.69, 9.17) is 18.0 Å². The highest BCUT2D eigenvalue weighted by molar-refractivity contribution is 7.80. The van der Waals surface area contributed by atoms with E-state index in [0.29, 0.717) is 4.99 Å². The fourth-order valence-corrected chi connectivity index (χ4v) is 2.45. The van der Waals surface area contributed by atoms with E-state index in [1.807, 2.05) is 13.0 Å². The monoisotopic (exact) mass is 285 g/mol. The highest BCUT2D eigenvalue weighted by Crippen LogP contribution is 2.16. The van der Waals surface area contributed by atoms with Crippen LogP contribution in [0.5, 0.6) is 0 Å². The van der Waals surface area contributed by atoms with Gasteiger partial charge in [0.2, 0.25) is 0 Å². The average molecular weight is 285 g/mol. The van der Waals surface area contributed by atoms with E-state index in [9.17, 15) is 0 Å². The minimum absolute atomic E-state index is 0.383. The van der Waals surface area contributed by atoms with Gasteiger partial charge in [0, 0.05) is 12.7 Å². The Morgan fingerprint density at radius 1 is 1.30 bits per heavy atom. The van der Waals surface area contributed by atoms with Crippen LogP contribution in [-0.2, 0) is 6.42 Å². The number of aryl methyl sites for hydroxylation is 2. The number of nitrogens with one attached hydrogen (secondary N) is 1. The largest absolute Gasteiger partial charge is 0.389 e. The van der Waals surface area contributed by atoms with Gasteiger partial charge in [-0.15, -0.1) is 0 Å². The number of anilines is 1. The lowest BCUT2D eigenvalue weighted by molar-refractivity contribution is 1.00. The van der Waals surface area contributed by atoms with Gasteiger partial charge in [-0.3, -0.25) is 0 Å². The number of aromatic nitrogens is 1. The van der Waals surface area contributed by atoms with Crippen molar-refractivity contribution in [3.63, 3.8) is 0 Å². The summed E-state index contributed by atoms with van der Waals surface area (Å²) in [6, 6.07) is 10.4. The van der Waals surface area contributed by atoms with Crippen molar-refractivity contribution < 1.29 is 0 Å². The van der Waals surface area contributed by atoms with Gasteiger partial charge < -0.3 is 11.1 Å². The molecule has 20 heavy (non-hydrogen) atoms. The molecule has 0 aliphatic heterocycles. The van der Waals surface area contributed by atoms with Gasteiger partial charge in [0.25, 0.3) is 0 Å². The van der Waals surface area contributed by atoms with E-state index >= 15 is 0 Å². The molecule has 1 aromatic carbocycles. The topological polar surface area (TPSA) is 50.9 Å². The van der Waals surface area contributed by atoms with Crippen LogP contribution in [0, 0.1) is 13.8 Å². The Bertz CT molecular complexity index is 623. The van der Waals surface area contributed by atoms with Crippen molar-refractivity contribution in [2.24, 2.45) is 5.73 Å². The van der Waals surface area contributed by atoms with E-state index < -0.39 is 0 Å². The molecule has 0 saturated carbocycles. The lowest BCUT2D eigenvalue weighted by Crippen LogP contribution is -2.17. The zero-order chi connectivity index (χ0) is 14.5. The Hall–Kier alpha value is -1.94. The zero-order valence-electron chi connectivity index (χ0n) is 11.8. The van der Waals surface area contributed by atoms with Gasteiger partial charge in [0.05, 0.1) is 5.56 Å². The van der Waals surface area contributed by atoms with Gasteiger partial charge in [0.15, 0.2) is 0 Å². The lowest BCUT2D eigenvalue weighted by Gasteiger charge is -2.12. The molecule has 4 heteroatoms. The van der Waals surface area contributed by atoms with E-state index in [1.165, 1.54) is 11.1 Å². The molecule has 0 radical (unpaired) electrons. The summed E-state index contributed by atoms with van der Waals surface area (Å²) in [4.78, 5) is 4.71. The predicted molar refractivity (Wildman–Crippen MR) is 88.2 cm³/mol. The number of thiocarbonyl (C=S) groups is 1. The quantitative estimate of drug-likeness (QED) is 0.829. The average Bonchev–Trinajstić information content (AvgIpc) is 2.38. The number of rotatable bonds is 5. The van der Waals surface area contributed by atoms with Crippen LogP contribution in [0.15, 0.2) is 36.5 Å². The van der Waals surface area contributed by atoms with Crippen LogP contribution in [-0.4, -0.2) is 16.5 Å². The first-order valence-electron chi connectivity index (χ1n) is 6.63. The Morgan fingerprint density at radius 2 is 2.10 bits per heavy atom. The molecule has 0 amide bonds. The molecule has 2 aromatic rings. The highest BCUT2D eigenvalue weighted by atomic mass is 32.1. The zero-order valence-corrected chi connectivity index (χ0v) is 12.6. The fraction of sp³-hybridized carbons (Fsp3) is 0.250. The molecule has 0 fully saturated rings. The van der Waals surface area contributed by atoms with Gasteiger partial charge in [0.1, 0.15) is 10.8 Å². The van der Waals surface area contributed by atoms with Crippen molar-refractivity contribution in [2.45, 2.75) is 20.3 Å². The third-order valence-electron chi connectivity index (χ3n) is 3.19. The van der Waals surface area contributed by atoms with Crippen molar-refractivity contribution in [1.82, 2.24) is 4.98 Å². The van der Waals surface area contributed by atoms with Crippen LogP contribution >= 0.6 is 12.2 Å². The first kappa shape index (κ1) is 14.5. The number of nitrogens with zero attached hydrogens (tertiary/aromatic N) is 1. The van der Waals surface area contributed by atoms with Crippen LogP contribution < -0.4 is 11.1 Å². The van der Waals surface area contributed by atoms with Gasteiger partial charge in [-0.05, 0) is 37.5 Å². The molecule has 1 heterocycles. The summed E-state index contributed by atoms with van der Waals surface area (Å²) >= 11 is 5.10. The highest BCUT2D eigenvalue weighted by Gasteiger charge is 2.09. The third-order valence-corrected chi connectivity index (χ3v) is 3.40. The molecule has 1 aromatic heterocycles. The summed E-state index contributed by atoms with van der Waals surface area (Å²) in [5, 5.41) is 3.32. The summed E-state index contributed by atoms with van der Waals surface area (Å²) in [5.74, 6) is 0.769. The van der Waals surface area contributed by atoms with E-state index in [2.05, 4.69) is 41.5 Å². The van der Waals surface area contributed by atoms with E-state index in [0.717, 1.165) is 29.9 Å². The summed E-state index contributed by atoms with van der Waals surface area (Å²) in [6.07, 6.45) is 2.71. The number of hydrogen-bond acceptors (Lipinski definition) is 3. The summed E-state index contributed by atoms with van der Waals surface area (Å²) < 4.78 is 0. The molecule has 2 rings (SSSR count). The second-order valence-electron chi connectivity index (χ2n) is 4.88. The maximum Gasteiger partial charge on any atom is 0.136 e. The minimum Gasteiger partial charge on any atom is -0.389 e. The van der Waals surface area contributed by atoms with Crippen LogP contribution in [0.1, 0.15) is 22.3 Å². The van der Waals surface area contributed by atoms with Gasteiger partial charge in [-0.25, -0.2) is 4.98 Å². The Kier molecular flexibility index (Phi) is 4.69. The molecule has 3 N–H and O–H groups in total. The van der Waals surface area contributed by atoms with E-state index in [1.54, 1.807) is 6.20 Å². The molecule has 0 unspecified atom stereocenters. The smallest absolute Gasteiger partial charge is 0.136 e. The number of pyridine rings is 1. The van der Waals surface area contributed by atoms with Gasteiger partial charge in [-0.2, -0.15) is 0 Å². The normalized spacial score (nSPS) is 10.3. The summed E-state index contributed by atoms with van der Waals surface area (Å²) in [7, 11) is 0. The Labute approximate surface area is 125 Å². The van der Waals surface area contributed by atoms with Crippen LogP contribution in [0.2, 0.25) is 0 Å². The maximum absolute atomic E-state index is 5.77. The molecule has 3 nitrogen and oxygen atoms in total. The third kappa shape index (κ3) is 3.54. The van der Waals surface area contributed by atoms with Crippen LogP contribution in [0.4, 0.5) is 5.82 Å². The van der Waals surface area contributed by atoms with Crippen LogP contribution in [0.25, 0.3) is 0 Å². The van der Waals surface area contributed by atoms with Crippen molar-refractivity contribution in [3.8, 4) is 0 Å². The molecule has 0 spiro atoms. The van der Waals surface area contributed by atoms with Crippen molar-refractivity contribution in [2.75, 3.05) is 11.9 Å². The minimum atomic E-state index is 0.383. The second kappa shape index (κ2) is 6.48. The van der Waals surface area contributed by atoms with Crippen molar-refractivity contribution >= 4 is 23.0 Å². The predicted octanol–water partition coefficient (Wildman–Crippen LogP) is 2.99. The standard InChI is InChI=1S/C16H19N3S/c1-11-4-3-5-13(10-11)7-9-19-16-14(15(17)20)12(2)6-8-18-16/h3-6,8,10H,7,9H2,1-2H3,(H2,17,20)(H,18,19). The molecular formula is C16H19N3S. The Morgan fingerprint density at radius 3 is 2.80 bits per heavy atom. The summed E-state index contributed by atoms with van der Waals surface area (Å²) in [6.45, 7) is 4.89. The molecule has 0 aliphatic carbocycles. The first-order chi connectivity index (χ1) is 9.58. The van der Waals surface area contributed by atoms with Crippen LogP contribution in [0.3, 0.4) is 0 Å². The SMILES string of the molecule is Cc1cccc(CCNc2nccc(C)c2C(N)=S)c1. The van der Waals surface area contributed by atoms with E-state index in [-0.39, 0.29) is 0 Å². The molecule has 0 atom stereocenters. The number of nitrogens with two attached hydrogens (primary N) is 1. The van der Waals surface area contributed by atoms with Gasteiger partial charge in [-0.1, -0.05) is 42.0 Å². The molecule has 104 valence electrons. The Balaban J connectivity index is 2.05. The number of benzene rings is 1. The first-order valence-corrected chi connectivity index (χ1v) is 7.03. The van der Waals surface area contributed by atoms with Crippen molar-refractivity contribution in [1.29, 1.82) is 0 Å². The second-order valence-corrected chi connectivity index (χ2v) is 5.32. The van der Waals surface area contributed by atoms with Gasteiger partial charge >= 0.3 is 0 Å². The molecule has 0 bridgehead atoms. The fourth-order valence-electron chi connectivity index (χ4n) is 2.20. The molecule has 0 saturated heterocycles. The maximum atomic E-state index is 5.77. The number of hydrogen-bond donors (Lipinski definition) is 2. The molecule has 0 aliphatic rings. The molecular weight excluding hydrogens is 266 g/mol. The van der Waals surface area contributed by atoms with Crippen molar-refractivity contribution in [3.05, 3.63) is 58.8 Å². The summed E-state index contributed by atoms with van der Waals surface area (Å²) in [5.41, 5.74) is 10.2. The lowest BCUT2D eigenvalue weighted by atomic mass is 10.1.